The molecule has 2 atom stereocenters. The van der Waals surface area contributed by atoms with Gasteiger partial charge in [0, 0.05) is 17.0 Å². The molecule has 0 saturated heterocycles. The standard InChI is InChI=1S/C12H19FN2O3S2/c1-7-4-9(13)12(5-10(7)14)20(17,18)15-8(2)11(6-16)19-3/h4-5,8,11,15-16H,6,14H2,1-3H3. The van der Waals surface area contributed by atoms with E-state index in [1.807, 2.05) is 0 Å². The third kappa shape index (κ3) is 3.85. The average molecular weight is 322 g/mol. The van der Waals surface area contributed by atoms with Gasteiger partial charge in [-0.3, -0.25) is 0 Å². The van der Waals surface area contributed by atoms with Crippen LogP contribution in [0.25, 0.3) is 0 Å². The molecule has 0 spiro atoms. The average Bonchev–Trinajstić information content (AvgIpc) is 2.34. The zero-order chi connectivity index (χ0) is 15.5. The Labute approximate surface area is 122 Å². The summed E-state index contributed by atoms with van der Waals surface area (Å²) in [6.45, 7) is 3.04. The smallest absolute Gasteiger partial charge is 0.243 e. The van der Waals surface area contributed by atoms with Crippen molar-refractivity contribution in [2.45, 2.75) is 30.0 Å². The Morgan fingerprint density at radius 3 is 2.60 bits per heavy atom. The van der Waals surface area contributed by atoms with Crippen molar-refractivity contribution in [3.8, 4) is 0 Å². The monoisotopic (exact) mass is 322 g/mol. The number of nitrogens with two attached hydrogens (primary N) is 1. The van der Waals surface area contributed by atoms with Crippen LogP contribution in [0, 0.1) is 12.7 Å². The molecule has 8 heteroatoms. The van der Waals surface area contributed by atoms with Gasteiger partial charge in [0.1, 0.15) is 10.7 Å². The lowest BCUT2D eigenvalue weighted by atomic mass is 10.2. The van der Waals surface area contributed by atoms with E-state index in [1.165, 1.54) is 11.8 Å². The van der Waals surface area contributed by atoms with Gasteiger partial charge in [0.05, 0.1) is 6.61 Å². The third-order valence-electron chi connectivity index (χ3n) is 2.99. The van der Waals surface area contributed by atoms with Crippen LogP contribution >= 0.6 is 11.8 Å². The first-order chi connectivity index (χ1) is 9.22. The summed E-state index contributed by atoms with van der Waals surface area (Å²) in [6.07, 6.45) is 1.76. The van der Waals surface area contributed by atoms with E-state index in [2.05, 4.69) is 4.72 Å². The van der Waals surface area contributed by atoms with E-state index in [0.29, 0.717) is 5.56 Å². The molecular weight excluding hydrogens is 303 g/mol. The van der Waals surface area contributed by atoms with Gasteiger partial charge in [0.2, 0.25) is 10.0 Å². The fourth-order valence-electron chi connectivity index (χ4n) is 1.70. The summed E-state index contributed by atoms with van der Waals surface area (Å²) in [5.41, 5.74) is 6.32. The van der Waals surface area contributed by atoms with Gasteiger partial charge >= 0.3 is 0 Å². The normalized spacial score (nSPS) is 15.1. The van der Waals surface area contributed by atoms with Crippen molar-refractivity contribution in [1.82, 2.24) is 4.72 Å². The summed E-state index contributed by atoms with van der Waals surface area (Å²) in [5, 5.41) is 8.84. The summed E-state index contributed by atoms with van der Waals surface area (Å²) >= 11 is 1.33. The summed E-state index contributed by atoms with van der Waals surface area (Å²) in [6, 6.07) is 1.65. The topological polar surface area (TPSA) is 92.4 Å². The van der Waals surface area contributed by atoms with E-state index in [4.69, 9.17) is 10.8 Å². The second kappa shape index (κ2) is 6.75. The van der Waals surface area contributed by atoms with Gasteiger partial charge in [0.25, 0.3) is 0 Å². The van der Waals surface area contributed by atoms with E-state index in [1.54, 1.807) is 20.1 Å². The highest BCUT2D eigenvalue weighted by Crippen LogP contribution is 2.22. The number of halogens is 1. The van der Waals surface area contributed by atoms with Gasteiger partial charge in [-0.05, 0) is 37.8 Å². The molecule has 0 amide bonds. The van der Waals surface area contributed by atoms with Crippen molar-refractivity contribution in [1.29, 1.82) is 0 Å². The van der Waals surface area contributed by atoms with Gasteiger partial charge < -0.3 is 10.8 Å². The van der Waals surface area contributed by atoms with Crippen molar-refractivity contribution in [2.75, 3.05) is 18.6 Å². The summed E-state index contributed by atoms with van der Waals surface area (Å²) in [5.74, 6) is -0.846. The molecule has 1 aromatic rings. The number of nitrogens with one attached hydrogen (secondary N) is 1. The fraction of sp³-hybridized carbons (Fsp3) is 0.500. The quantitative estimate of drug-likeness (QED) is 0.682. The molecule has 1 rings (SSSR count). The van der Waals surface area contributed by atoms with E-state index in [0.717, 1.165) is 12.1 Å². The summed E-state index contributed by atoms with van der Waals surface area (Å²) in [7, 11) is -4.02. The Balaban J connectivity index is 3.09. The number of thioether (sulfide) groups is 1. The Morgan fingerprint density at radius 2 is 2.10 bits per heavy atom. The second-order valence-corrected chi connectivity index (χ2v) is 7.27. The molecular formula is C12H19FN2O3S2. The zero-order valence-corrected chi connectivity index (χ0v) is 13.2. The van der Waals surface area contributed by atoms with Crippen molar-refractivity contribution in [2.24, 2.45) is 0 Å². The molecule has 0 aliphatic rings. The maximum Gasteiger partial charge on any atom is 0.243 e. The van der Waals surface area contributed by atoms with E-state index < -0.39 is 26.8 Å². The summed E-state index contributed by atoms with van der Waals surface area (Å²) in [4.78, 5) is -0.481. The highest BCUT2D eigenvalue weighted by atomic mass is 32.2. The number of hydrogen-bond donors (Lipinski definition) is 3. The lowest BCUT2D eigenvalue weighted by Crippen LogP contribution is -2.41. The number of aliphatic hydroxyl groups is 1. The number of rotatable bonds is 6. The molecule has 2 unspecified atom stereocenters. The predicted molar refractivity (Wildman–Crippen MR) is 79.7 cm³/mol. The van der Waals surface area contributed by atoms with Crippen molar-refractivity contribution < 1.29 is 17.9 Å². The number of hydrogen-bond acceptors (Lipinski definition) is 5. The molecule has 0 aliphatic carbocycles. The third-order valence-corrected chi connectivity index (χ3v) is 5.73. The molecule has 0 radical (unpaired) electrons. The van der Waals surface area contributed by atoms with Gasteiger partial charge in [0.15, 0.2) is 0 Å². The molecule has 114 valence electrons. The molecule has 0 heterocycles. The van der Waals surface area contributed by atoms with Crippen LogP contribution in [0.4, 0.5) is 10.1 Å². The Bertz CT molecular complexity index is 574. The van der Waals surface area contributed by atoms with Crippen LogP contribution in [-0.2, 0) is 10.0 Å². The number of nitrogen functional groups attached to an aromatic ring is 1. The summed E-state index contributed by atoms with van der Waals surface area (Å²) < 4.78 is 40.5. The largest absolute Gasteiger partial charge is 0.398 e. The van der Waals surface area contributed by atoms with E-state index in [9.17, 15) is 12.8 Å². The van der Waals surface area contributed by atoms with E-state index in [-0.39, 0.29) is 17.5 Å². The van der Waals surface area contributed by atoms with Crippen LogP contribution in [0.15, 0.2) is 17.0 Å². The van der Waals surface area contributed by atoms with Crippen LogP contribution < -0.4 is 10.5 Å². The van der Waals surface area contributed by atoms with Crippen LogP contribution in [0.3, 0.4) is 0 Å². The van der Waals surface area contributed by atoms with Crippen molar-refractivity contribution in [3.05, 3.63) is 23.5 Å². The highest BCUT2D eigenvalue weighted by molar-refractivity contribution is 7.99. The molecule has 1 aromatic carbocycles. The molecule has 0 aromatic heterocycles. The fourth-order valence-corrected chi connectivity index (χ4v) is 3.79. The van der Waals surface area contributed by atoms with Crippen LogP contribution in [0.5, 0.6) is 0 Å². The number of benzene rings is 1. The first-order valence-electron chi connectivity index (χ1n) is 5.94. The van der Waals surface area contributed by atoms with Crippen LogP contribution in [-0.4, -0.2) is 37.7 Å². The van der Waals surface area contributed by atoms with Gasteiger partial charge in [-0.2, -0.15) is 11.8 Å². The molecule has 5 nitrogen and oxygen atoms in total. The lowest BCUT2D eigenvalue weighted by molar-refractivity contribution is 0.282. The Morgan fingerprint density at radius 1 is 1.50 bits per heavy atom. The number of anilines is 1. The number of aryl methyl sites for hydroxylation is 1. The molecule has 0 saturated carbocycles. The van der Waals surface area contributed by atoms with Gasteiger partial charge in [-0.15, -0.1) is 0 Å². The number of sulfonamides is 1. The Hall–Kier alpha value is -0.830. The van der Waals surface area contributed by atoms with E-state index >= 15 is 0 Å². The minimum Gasteiger partial charge on any atom is -0.398 e. The SMILES string of the molecule is CSC(CO)C(C)NS(=O)(=O)c1cc(N)c(C)cc1F. The van der Waals surface area contributed by atoms with Crippen molar-refractivity contribution in [3.63, 3.8) is 0 Å². The maximum atomic E-state index is 13.8. The molecule has 20 heavy (non-hydrogen) atoms. The zero-order valence-electron chi connectivity index (χ0n) is 11.6. The molecule has 0 bridgehead atoms. The van der Waals surface area contributed by atoms with Crippen molar-refractivity contribution >= 4 is 27.5 Å². The predicted octanol–water partition coefficient (Wildman–Crippen LogP) is 1.11. The minimum absolute atomic E-state index is 0.177. The number of aliphatic hydroxyl groups excluding tert-OH is 1. The van der Waals surface area contributed by atoms with Gasteiger partial charge in [-0.1, -0.05) is 0 Å². The molecule has 0 fully saturated rings. The van der Waals surface area contributed by atoms with Gasteiger partial charge in [-0.25, -0.2) is 17.5 Å². The lowest BCUT2D eigenvalue weighted by Gasteiger charge is -2.21. The molecule has 0 aliphatic heterocycles. The Kier molecular flexibility index (Phi) is 5.81. The van der Waals surface area contributed by atoms with Crippen LogP contribution in [0.1, 0.15) is 12.5 Å². The first kappa shape index (κ1) is 17.2. The maximum absolute atomic E-state index is 13.8. The highest BCUT2D eigenvalue weighted by Gasteiger charge is 2.25. The minimum atomic E-state index is -4.02. The second-order valence-electron chi connectivity index (χ2n) is 4.51. The molecule has 4 N–H and O–H groups in total. The van der Waals surface area contributed by atoms with Crippen LogP contribution in [0.2, 0.25) is 0 Å². The first-order valence-corrected chi connectivity index (χ1v) is 8.71.